The molecule has 1 N–H and O–H groups in total. The van der Waals surface area contributed by atoms with Gasteiger partial charge in [0.1, 0.15) is 6.04 Å². The van der Waals surface area contributed by atoms with E-state index in [1.807, 2.05) is 45.0 Å². The molecule has 0 heterocycles. The Balaban J connectivity index is 2.08. The lowest BCUT2D eigenvalue weighted by Crippen LogP contribution is -2.49. The SMILES string of the molecule is CCC(=O)N(Cc1ccccc1C)[C@@H](C)C(=O)NC1CCCC1. The fraction of sp³-hybridized carbons (Fsp3) is 0.579. The van der Waals surface area contributed by atoms with Crippen molar-refractivity contribution in [3.8, 4) is 0 Å². The molecule has 1 aliphatic rings. The standard InChI is InChI=1S/C19H28N2O2/c1-4-18(22)21(13-16-10-6-5-9-14(16)2)15(3)19(23)20-17-11-7-8-12-17/h5-6,9-10,15,17H,4,7-8,11-13H2,1-3H3,(H,20,23)/t15-/m0/s1. The predicted octanol–water partition coefficient (Wildman–Crippen LogP) is 3.18. The Morgan fingerprint density at radius 1 is 1.26 bits per heavy atom. The molecule has 0 bridgehead atoms. The summed E-state index contributed by atoms with van der Waals surface area (Å²) >= 11 is 0. The van der Waals surface area contributed by atoms with Crippen LogP contribution < -0.4 is 5.32 Å². The third kappa shape index (κ3) is 4.57. The van der Waals surface area contributed by atoms with E-state index in [9.17, 15) is 9.59 Å². The number of carbonyl (C=O) groups is 2. The van der Waals surface area contributed by atoms with E-state index in [1.165, 1.54) is 12.8 Å². The highest BCUT2D eigenvalue weighted by atomic mass is 16.2. The second kappa shape index (κ2) is 8.14. The molecule has 0 spiro atoms. The first-order valence-corrected chi connectivity index (χ1v) is 8.67. The van der Waals surface area contributed by atoms with Crippen LogP contribution in [0.4, 0.5) is 0 Å². The zero-order chi connectivity index (χ0) is 16.8. The first-order chi connectivity index (χ1) is 11.0. The third-order valence-corrected chi connectivity index (χ3v) is 4.77. The molecule has 0 aromatic heterocycles. The summed E-state index contributed by atoms with van der Waals surface area (Å²) in [6, 6.07) is 7.85. The number of rotatable bonds is 6. The second-order valence-corrected chi connectivity index (χ2v) is 6.47. The number of hydrogen-bond donors (Lipinski definition) is 1. The van der Waals surface area contributed by atoms with E-state index in [4.69, 9.17) is 0 Å². The summed E-state index contributed by atoms with van der Waals surface area (Å²) < 4.78 is 0. The first kappa shape index (κ1) is 17.5. The van der Waals surface area contributed by atoms with Crippen LogP contribution in [0.25, 0.3) is 0 Å². The summed E-state index contributed by atoms with van der Waals surface area (Å²) in [5.41, 5.74) is 2.24. The molecular formula is C19H28N2O2. The zero-order valence-electron chi connectivity index (χ0n) is 14.5. The fourth-order valence-electron chi connectivity index (χ4n) is 3.15. The lowest BCUT2D eigenvalue weighted by atomic mass is 10.1. The summed E-state index contributed by atoms with van der Waals surface area (Å²) in [4.78, 5) is 26.6. The summed E-state index contributed by atoms with van der Waals surface area (Å²) in [6.07, 6.45) is 4.88. The summed E-state index contributed by atoms with van der Waals surface area (Å²) in [5.74, 6) is -0.0189. The maximum Gasteiger partial charge on any atom is 0.242 e. The minimum atomic E-state index is -0.442. The molecule has 126 valence electrons. The van der Waals surface area contributed by atoms with Crippen LogP contribution in [0.1, 0.15) is 57.1 Å². The molecule has 23 heavy (non-hydrogen) atoms. The van der Waals surface area contributed by atoms with Gasteiger partial charge in [-0.1, -0.05) is 44.0 Å². The molecule has 1 fully saturated rings. The van der Waals surface area contributed by atoms with Gasteiger partial charge in [0.2, 0.25) is 11.8 Å². The van der Waals surface area contributed by atoms with Crippen molar-refractivity contribution >= 4 is 11.8 Å². The van der Waals surface area contributed by atoms with E-state index < -0.39 is 6.04 Å². The Bertz CT molecular complexity index is 550. The van der Waals surface area contributed by atoms with Gasteiger partial charge in [-0.15, -0.1) is 0 Å². The fourth-order valence-corrected chi connectivity index (χ4v) is 3.15. The van der Waals surface area contributed by atoms with Crippen LogP contribution >= 0.6 is 0 Å². The van der Waals surface area contributed by atoms with Crippen LogP contribution in [0.3, 0.4) is 0 Å². The van der Waals surface area contributed by atoms with Crippen molar-refractivity contribution in [1.29, 1.82) is 0 Å². The molecule has 1 aromatic rings. The Kier molecular flexibility index (Phi) is 6.20. The smallest absolute Gasteiger partial charge is 0.242 e. The minimum absolute atomic E-state index is 0.0160. The number of hydrogen-bond acceptors (Lipinski definition) is 2. The van der Waals surface area contributed by atoms with Gasteiger partial charge in [-0.2, -0.15) is 0 Å². The van der Waals surface area contributed by atoms with E-state index in [2.05, 4.69) is 5.32 Å². The quantitative estimate of drug-likeness (QED) is 0.876. The number of benzene rings is 1. The summed E-state index contributed by atoms with van der Waals surface area (Å²) in [5, 5.41) is 3.11. The van der Waals surface area contributed by atoms with Gasteiger partial charge in [0.25, 0.3) is 0 Å². The molecule has 1 aromatic carbocycles. The van der Waals surface area contributed by atoms with Gasteiger partial charge in [-0.05, 0) is 37.8 Å². The molecule has 1 saturated carbocycles. The van der Waals surface area contributed by atoms with Crippen molar-refractivity contribution in [2.75, 3.05) is 0 Å². The molecule has 0 unspecified atom stereocenters. The molecule has 4 heteroatoms. The van der Waals surface area contributed by atoms with Crippen molar-refractivity contribution in [2.45, 2.75) is 71.5 Å². The maximum absolute atomic E-state index is 12.5. The molecule has 2 amide bonds. The monoisotopic (exact) mass is 316 g/mol. The number of nitrogens with zero attached hydrogens (tertiary/aromatic N) is 1. The van der Waals surface area contributed by atoms with Crippen molar-refractivity contribution in [1.82, 2.24) is 10.2 Å². The second-order valence-electron chi connectivity index (χ2n) is 6.47. The highest BCUT2D eigenvalue weighted by molar-refractivity contribution is 5.87. The van der Waals surface area contributed by atoms with Gasteiger partial charge >= 0.3 is 0 Å². The molecule has 0 saturated heterocycles. The van der Waals surface area contributed by atoms with E-state index in [0.29, 0.717) is 13.0 Å². The van der Waals surface area contributed by atoms with E-state index >= 15 is 0 Å². The first-order valence-electron chi connectivity index (χ1n) is 8.67. The van der Waals surface area contributed by atoms with Crippen molar-refractivity contribution < 1.29 is 9.59 Å². The van der Waals surface area contributed by atoms with E-state index in [0.717, 1.165) is 24.0 Å². The molecule has 2 rings (SSSR count). The van der Waals surface area contributed by atoms with Crippen LogP contribution in [0.2, 0.25) is 0 Å². The number of aryl methyl sites for hydroxylation is 1. The maximum atomic E-state index is 12.5. The Morgan fingerprint density at radius 3 is 2.52 bits per heavy atom. The number of amides is 2. The predicted molar refractivity (Wildman–Crippen MR) is 91.9 cm³/mol. The van der Waals surface area contributed by atoms with Gasteiger partial charge in [-0.3, -0.25) is 9.59 Å². The van der Waals surface area contributed by atoms with Crippen molar-refractivity contribution in [2.24, 2.45) is 0 Å². The Hall–Kier alpha value is -1.84. The van der Waals surface area contributed by atoms with E-state index in [-0.39, 0.29) is 17.9 Å². The average Bonchev–Trinajstić information content (AvgIpc) is 3.05. The number of nitrogens with one attached hydrogen (secondary N) is 1. The summed E-state index contributed by atoms with van der Waals surface area (Å²) in [6.45, 7) is 6.19. The molecular weight excluding hydrogens is 288 g/mol. The molecule has 0 radical (unpaired) electrons. The van der Waals surface area contributed by atoms with Crippen molar-refractivity contribution in [3.63, 3.8) is 0 Å². The van der Waals surface area contributed by atoms with E-state index in [1.54, 1.807) is 4.90 Å². The third-order valence-electron chi connectivity index (χ3n) is 4.77. The normalized spacial score (nSPS) is 16.1. The zero-order valence-corrected chi connectivity index (χ0v) is 14.5. The van der Waals surface area contributed by atoms with Gasteiger partial charge in [-0.25, -0.2) is 0 Å². The van der Waals surface area contributed by atoms with Gasteiger partial charge < -0.3 is 10.2 Å². The number of carbonyl (C=O) groups excluding carboxylic acids is 2. The van der Waals surface area contributed by atoms with Crippen LogP contribution in [-0.4, -0.2) is 28.8 Å². The van der Waals surface area contributed by atoms with Crippen molar-refractivity contribution in [3.05, 3.63) is 35.4 Å². The molecule has 4 nitrogen and oxygen atoms in total. The van der Waals surface area contributed by atoms with Crippen LogP contribution in [0.5, 0.6) is 0 Å². The van der Waals surface area contributed by atoms with Crippen LogP contribution in [0, 0.1) is 6.92 Å². The lowest BCUT2D eigenvalue weighted by Gasteiger charge is -2.30. The van der Waals surface area contributed by atoms with Gasteiger partial charge in [0, 0.05) is 19.0 Å². The minimum Gasteiger partial charge on any atom is -0.352 e. The van der Waals surface area contributed by atoms with Gasteiger partial charge in [0.05, 0.1) is 0 Å². The average molecular weight is 316 g/mol. The molecule has 0 aliphatic heterocycles. The Labute approximate surface area is 139 Å². The Morgan fingerprint density at radius 2 is 1.91 bits per heavy atom. The molecule has 1 aliphatic carbocycles. The topological polar surface area (TPSA) is 49.4 Å². The largest absolute Gasteiger partial charge is 0.352 e. The van der Waals surface area contributed by atoms with Crippen LogP contribution in [-0.2, 0) is 16.1 Å². The highest BCUT2D eigenvalue weighted by Crippen LogP contribution is 2.19. The van der Waals surface area contributed by atoms with Gasteiger partial charge in [0.15, 0.2) is 0 Å². The summed E-state index contributed by atoms with van der Waals surface area (Å²) in [7, 11) is 0. The van der Waals surface area contributed by atoms with Crippen LogP contribution in [0.15, 0.2) is 24.3 Å². The molecule has 1 atom stereocenters. The lowest BCUT2D eigenvalue weighted by molar-refractivity contribution is -0.140. The highest BCUT2D eigenvalue weighted by Gasteiger charge is 2.27.